The van der Waals surface area contributed by atoms with E-state index in [0.29, 0.717) is 54.7 Å². The van der Waals surface area contributed by atoms with Crippen molar-refractivity contribution in [2.45, 2.75) is 0 Å². The first-order chi connectivity index (χ1) is 14.1. The summed E-state index contributed by atoms with van der Waals surface area (Å²) in [5.41, 5.74) is 1.03. The van der Waals surface area contributed by atoms with Gasteiger partial charge in [0.15, 0.2) is 5.78 Å². The van der Waals surface area contributed by atoms with E-state index in [-0.39, 0.29) is 5.78 Å². The zero-order chi connectivity index (χ0) is 20.6. The Morgan fingerprint density at radius 2 is 1.76 bits per heavy atom. The molecule has 0 radical (unpaired) electrons. The smallest absolute Gasteiger partial charge is 0.415 e. The maximum Gasteiger partial charge on any atom is 0.415 e. The third-order valence-corrected chi connectivity index (χ3v) is 4.47. The third-order valence-electron chi connectivity index (χ3n) is 4.47. The van der Waals surface area contributed by atoms with Gasteiger partial charge < -0.3 is 23.8 Å². The molecule has 7 nitrogen and oxygen atoms in total. The first kappa shape index (κ1) is 20.4. The van der Waals surface area contributed by atoms with E-state index in [9.17, 15) is 9.59 Å². The molecule has 2 aromatic rings. The van der Waals surface area contributed by atoms with Gasteiger partial charge in [0.25, 0.3) is 0 Å². The Morgan fingerprint density at radius 3 is 2.48 bits per heavy atom. The van der Waals surface area contributed by atoms with Crippen LogP contribution in [0.4, 0.5) is 4.79 Å². The maximum atomic E-state index is 12.6. The van der Waals surface area contributed by atoms with Crippen molar-refractivity contribution in [3.05, 3.63) is 59.7 Å². The summed E-state index contributed by atoms with van der Waals surface area (Å²) in [4.78, 5) is 26.6. The van der Waals surface area contributed by atoms with Gasteiger partial charge >= 0.3 is 6.09 Å². The second-order valence-electron chi connectivity index (χ2n) is 6.27. The fraction of sp³-hybridized carbons (Fsp3) is 0.273. The average molecular weight is 397 g/mol. The van der Waals surface area contributed by atoms with Gasteiger partial charge in [-0.25, -0.2) is 4.79 Å². The molecule has 0 atom stereocenters. The van der Waals surface area contributed by atoms with Crippen molar-refractivity contribution in [3.8, 4) is 17.2 Å². The van der Waals surface area contributed by atoms with E-state index in [1.807, 2.05) is 6.07 Å². The molecule has 0 aromatic heterocycles. The number of hydrogen-bond donors (Lipinski definition) is 0. The number of carbonyl (C=O) groups is 2. The molecule has 1 aliphatic rings. The van der Waals surface area contributed by atoms with Crippen LogP contribution in [0.25, 0.3) is 6.08 Å². The number of ketones is 1. The minimum Gasteiger partial charge on any atom is -0.497 e. The summed E-state index contributed by atoms with van der Waals surface area (Å²) in [6.07, 6.45) is 2.61. The predicted molar refractivity (Wildman–Crippen MR) is 108 cm³/mol. The Balaban J connectivity index is 1.75. The van der Waals surface area contributed by atoms with E-state index in [1.165, 1.54) is 13.2 Å². The van der Waals surface area contributed by atoms with Gasteiger partial charge in [0.2, 0.25) is 0 Å². The highest BCUT2D eigenvalue weighted by molar-refractivity contribution is 6.08. The fourth-order valence-corrected chi connectivity index (χ4v) is 2.87. The highest BCUT2D eigenvalue weighted by Crippen LogP contribution is 2.26. The van der Waals surface area contributed by atoms with E-state index < -0.39 is 6.09 Å². The third kappa shape index (κ3) is 5.14. The SMILES string of the molecule is COc1ccc(C(=O)/C=C/c2ccccc2OC(=O)N2CCOCC2)c(OC)c1. The number of allylic oxidation sites excluding steroid dienone is 1. The van der Waals surface area contributed by atoms with Crippen molar-refractivity contribution in [3.63, 3.8) is 0 Å². The van der Waals surface area contributed by atoms with Crippen LogP contribution in [-0.4, -0.2) is 57.3 Å². The maximum absolute atomic E-state index is 12.6. The van der Waals surface area contributed by atoms with Crippen LogP contribution < -0.4 is 14.2 Å². The lowest BCUT2D eigenvalue weighted by molar-refractivity contribution is 0.0416. The molecule has 29 heavy (non-hydrogen) atoms. The van der Waals surface area contributed by atoms with Gasteiger partial charge in [-0.05, 0) is 30.4 Å². The highest BCUT2D eigenvalue weighted by atomic mass is 16.6. The predicted octanol–water partition coefficient (Wildman–Crippen LogP) is 3.43. The van der Waals surface area contributed by atoms with E-state index in [2.05, 4.69) is 0 Å². The van der Waals surface area contributed by atoms with Gasteiger partial charge in [-0.15, -0.1) is 0 Å². The number of hydrogen-bond acceptors (Lipinski definition) is 6. The van der Waals surface area contributed by atoms with Crippen LogP contribution in [0.2, 0.25) is 0 Å². The molecule has 152 valence electrons. The lowest BCUT2D eigenvalue weighted by Crippen LogP contribution is -2.42. The molecular weight excluding hydrogens is 374 g/mol. The molecule has 7 heteroatoms. The Morgan fingerprint density at radius 1 is 1.00 bits per heavy atom. The van der Waals surface area contributed by atoms with Crippen LogP contribution in [0, 0.1) is 0 Å². The largest absolute Gasteiger partial charge is 0.497 e. The van der Waals surface area contributed by atoms with Crippen LogP contribution in [0.15, 0.2) is 48.5 Å². The molecule has 1 saturated heterocycles. The Kier molecular flexibility index (Phi) is 6.86. The summed E-state index contributed by atoms with van der Waals surface area (Å²) in [6, 6.07) is 12.0. The molecule has 3 rings (SSSR count). The summed E-state index contributed by atoms with van der Waals surface area (Å²) in [5, 5.41) is 0. The molecule has 1 fully saturated rings. The van der Waals surface area contributed by atoms with Gasteiger partial charge in [0, 0.05) is 24.7 Å². The minimum atomic E-state index is -0.433. The topological polar surface area (TPSA) is 74.3 Å². The lowest BCUT2D eigenvalue weighted by atomic mass is 10.1. The number of benzene rings is 2. The second kappa shape index (κ2) is 9.75. The highest BCUT2D eigenvalue weighted by Gasteiger charge is 2.19. The van der Waals surface area contributed by atoms with E-state index in [4.69, 9.17) is 18.9 Å². The van der Waals surface area contributed by atoms with Crippen molar-refractivity contribution in [2.24, 2.45) is 0 Å². The van der Waals surface area contributed by atoms with Crippen molar-refractivity contribution in [2.75, 3.05) is 40.5 Å². The number of para-hydroxylation sites is 1. The Bertz CT molecular complexity index is 902. The molecule has 2 aromatic carbocycles. The van der Waals surface area contributed by atoms with E-state index >= 15 is 0 Å². The van der Waals surface area contributed by atoms with E-state index in [1.54, 1.807) is 54.5 Å². The fourth-order valence-electron chi connectivity index (χ4n) is 2.87. The molecular formula is C22H23NO6. The number of carbonyl (C=O) groups excluding carboxylic acids is 2. The molecule has 1 amide bonds. The molecule has 0 bridgehead atoms. The van der Waals surface area contributed by atoms with Gasteiger partial charge in [-0.2, -0.15) is 0 Å². The lowest BCUT2D eigenvalue weighted by Gasteiger charge is -2.26. The Labute approximate surface area is 169 Å². The van der Waals surface area contributed by atoms with Crippen molar-refractivity contribution in [1.29, 1.82) is 0 Å². The van der Waals surface area contributed by atoms with Crippen LogP contribution in [0.3, 0.4) is 0 Å². The zero-order valence-corrected chi connectivity index (χ0v) is 16.4. The number of nitrogens with zero attached hydrogens (tertiary/aromatic N) is 1. The van der Waals surface area contributed by atoms with E-state index in [0.717, 1.165) is 0 Å². The normalized spacial score (nSPS) is 13.9. The molecule has 0 unspecified atom stereocenters. The molecule has 0 aliphatic carbocycles. The first-order valence-corrected chi connectivity index (χ1v) is 9.20. The van der Waals surface area contributed by atoms with Gasteiger partial charge in [0.1, 0.15) is 17.2 Å². The quantitative estimate of drug-likeness (QED) is 0.549. The number of ether oxygens (including phenoxy) is 4. The standard InChI is InChI=1S/C22H23NO6/c1-26-17-8-9-18(21(15-17)27-2)19(24)10-7-16-5-3-4-6-20(16)29-22(25)23-11-13-28-14-12-23/h3-10,15H,11-14H2,1-2H3/b10-7+. The molecule has 0 saturated carbocycles. The van der Waals surface area contributed by atoms with Crippen molar-refractivity contribution < 1.29 is 28.5 Å². The van der Waals surface area contributed by atoms with Crippen molar-refractivity contribution >= 4 is 18.0 Å². The van der Waals surface area contributed by atoms with Crippen LogP contribution in [0.1, 0.15) is 15.9 Å². The molecule has 1 aliphatic heterocycles. The zero-order valence-electron chi connectivity index (χ0n) is 16.4. The summed E-state index contributed by atoms with van der Waals surface area (Å²) in [6.45, 7) is 1.98. The molecule has 0 spiro atoms. The number of morpholine rings is 1. The second-order valence-corrected chi connectivity index (χ2v) is 6.27. The van der Waals surface area contributed by atoms with Crippen LogP contribution in [0.5, 0.6) is 17.2 Å². The molecule has 0 N–H and O–H groups in total. The summed E-state index contributed by atoms with van der Waals surface area (Å²) < 4.78 is 21.2. The van der Waals surface area contributed by atoms with Crippen LogP contribution >= 0.6 is 0 Å². The Hall–Kier alpha value is -3.32. The van der Waals surface area contributed by atoms with Gasteiger partial charge in [-0.3, -0.25) is 4.79 Å². The summed E-state index contributed by atoms with van der Waals surface area (Å²) in [7, 11) is 3.04. The number of rotatable bonds is 6. The van der Waals surface area contributed by atoms with Crippen molar-refractivity contribution in [1.82, 2.24) is 4.90 Å². The number of methoxy groups -OCH3 is 2. The monoisotopic (exact) mass is 397 g/mol. The summed E-state index contributed by atoms with van der Waals surface area (Å²) in [5.74, 6) is 1.17. The first-order valence-electron chi connectivity index (χ1n) is 9.20. The summed E-state index contributed by atoms with van der Waals surface area (Å²) >= 11 is 0. The number of amides is 1. The average Bonchev–Trinajstić information content (AvgIpc) is 2.78. The minimum absolute atomic E-state index is 0.237. The van der Waals surface area contributed by atoms with Gasteiger partial charge in [0.05, 0.1) is 33.0 Å². The van der Waals surface area contributed by atoms with Crippen LogP contribution in [-0.2, 0) is 4.74 Å². The van der Waals surface area contributed by atoms with Gasteiger partial charge in [-0.1, -0.05) is 18.2 Å². The molecule has 1 heterocycles.